The number of piperazine rings is 1. The smallest absolute Gasteiger partial charge is 0.0404 e. The first-order chi connectivity index (χ1) is 7.90. The summed E-state index contributed by atoms with van der Waals surface area (Å²) in [6, 6.07) is 0.903. The number of rotatable bonds is 4. The molecule has 0 N–H and O–H groups in total. The second-order valence-electron chi connectivity index (χ2n) is 4.90. The molecular formula is C13H23ClN2. The highest BCUT2D eigenvalue weighted by atomic mass is 35.5. The van der Waals surface area contributed by atoms with Crippen LogP contribution >= 0.6 is 11.6 Å². The highest BCUT2D eigenvalue weighted by Crippen LogP contribution is 2.24. The van der Waals surface area contributed by atoms with Gasteiger partial charge in [-0.3, -0.25) is 9.80 Å². The first kappa shape index (κ1) is 12.4. The van der Waals surface area contributed by atoms with E-state index in [4.69, 9.17) is 11.6 Å². The van der Waals surface area contributed by atoms with Crippen molar-refractivity contribution in [2.24, 2.45) is 0 Å². The van der Waals surface area contributed by atoms with E-state index in [-0.39, 0.29) is 0 Å². The third-order valence-electron chi connectivity index (χ3n) is 3.87. The van der Waals surface area contributed by atoms with E-state index in [2.05, 4.69) is 15.9 Å². The fourth-order valence-electron chi connectivity index (χ4n) is 2.87. The molecule has 1 aliphatic carbocycles. The molecule has 1 heterocycles. The highest BCUT2D eigenvalue weighted by Gasteiger charge is 2.25. The average molecular weight is 243 g/mol. The van der Waals surface area contributed by atoms with Gasteiger partial charge in [0.15, 0.2) is 0 Å². The molecule has 0 aromatic rings. The van der Waals surface area contributed by atoms with Crippen LogP contribution in [0.1, 0.15) is 25.7 Å². The number of alkyl halides is 1. The number of hydrogen-bond donors (Lipinski definition) is 0. The number of halogens is 1. The molecule has 0 amide bonds. The SMILES string of the molecule is ClCC=CCN1CCN(C2CCCC2)CC1. The van der Waals surface area contributed by atoms with Crippen LogP contribution < -0.4 is 0 Å². The van der Waals surface area contributed by atoms with Crippen LogP contribution in [0.2, 0.25) is 0 Å². The summed E-state index contributed by atoms with van der Waals surface area (Å²) in [6.07, 6.45) is 10.0. The standard InChI is InChI=1S/C13H23ClN2/c14-7-3-4-8-15-9-11-16(12-10-15)13-5-1-2-6-13/h3-4,13H,1-2,5-12H2. The zero-order valence-corrected chi connectivity index (χ0v) is 10.8. The van der Waals surface area contributed by atoms with Crippen LogP contribution in [0.25, 0.3) is 0 Å². The lowest BCUT2D eigenvalue weighted by Crippen LogP contribution is -2.49. The first-order valence-electron chi connectivity index (χ1n) is 6.57. The van der Waals surface area contributed by atoms with E-state index < -0.39 is 0 Å². The molecule has 0 aromatic carbocycles. The highest BCUT2D eigenvalue weighted by molar-refractivity contribution is 6.18. The van der Waals surface area contributed by atoms with Gasteiger partial charge in [0.2, 0.25) is 0 Å². The van der Waals surface area contributed by atoms with Crippen molar-refractivity contribution in [3.05, 3.63) is 12.2 Å². The zero-order valence-electron chi connectivity index (χ0n) is 10.1. The molecule has 2 aliphatic rings. The molecule has 3 heteroatoms. The molecule has 0 atom stereocenters. The third-order valence-corrected chi connectivity index (χ3v) is 4.05. The van der Waals surface area contributed by atoms with Gasteiger partial charge in [-0.05, 0) is 12.8 Å². The maximum absolute atomic E-state index is 5.61. The van der Waals surface area contributed by atoms with Crippen LogP contribution in [-0.4, -0.2) is 54.4 Å². The molecule has 1 saturated heterocycles. The summed E-state index contributed by atoms with van der Waals surface area (Å²) in [4.78, 5) is 5.23. The molecule has 0 unspecified atom stereocenters. The average Bonchev–Trinajstić information content (AvgIpc) is 2.84. The molecule has 0 bridgehead atoms. The second-order valence-corrected chi connectivity index (χ2v) is 5.21. The molecule has 0 radical (unpaired) electrons. The van der Waals surface area contributed by atoms with E-state index in [9.17, 15) is 0 Å². The first-order valence-corrected chi connectivity index (χ1v) is 7.11. The molecule has 0 aromatic heterocycles. The molecule has 92 valence electrons. The number of hydrogen-bond acceptors (Lipinski definition) is 2. The van der Waals surface area contributed by atoms with Crippen molar-refractivity contribution in [2.45, 2.75) is 31.7 Å². The van der Waals surface area contributed by atoms with Crippen molar-refractivity contribution in [3.8, 4) is 0 Å². The van der Waals surface area contributed by atoms with Crippen molar-refractivity contribution in [3.63, 3.8) is 0 Å². The lowest BCUT2D eigenvalue weighted by atomic mass is 10.2. The molecule has 2 nitrogen and oxygen atoms in total. The summed E-state index contributed by atoms with van der Waals surface area (Å²) in [7, 11) is 0. The molecule has 16 heavy (non-hydrogen) atoms. The van der Waals surface area contributed by atoms with Crippen LogP contribution in [0.15, 0.2) is 12.2 Å². The van der Waals surface area contributed by atoms with Crippen molar-refractivity contribution in [2.75, 3.05) is 38.6 Å². The lowest BCUT2D eigenvalue weighted by Gasteiger charge is -2.37. The Morgan fingerprint density at radius 3 is 2.31 bits per heavy atom. The summed E-state index contributed by atoms with van der Waals surface area (Å²) < 4.78 is 0. The summed E-state index contributed by atoms with van der Waals surface area (Å²) in [5, 5.41) is 0. The molecular weight excluding hydrogens is 220 g/mol. The topological polar surface area (TPSA) is 6.48 Å². The summed E-state index contributed by atoms with van der Waals surface area (Å²) >= 11 is 5.61. The minimum atomic E-state index is 0.641. The van der Waals surface area contributed by atoms with Crippen LogP contribution in [0.5, 0.6) is 0 Å². The van der Waals surface area contributed by atoms with E-state index in [1.807, 2.05) is 6.08 Å². The van der Waals surface area contributed by atoms with Gasteiger partial charge in [-0.15, -0.1) is 11.6 Å². The fourth-order valence-corrected chi connectivity index (χ4v) is 2.99. The van der Waals surface area contributed by atoms with Gasteiger partial charge in [0.05, 0.1) is 0 Å². The van der Waals surface area contributed by atoms with Crippen molar-refractivity contribution < 1.29 is 0 Å². The van der Waals surface area contributed by atoms with Crippen LogP contribution in [0, 0.1) is 0 Å². The van der Waals surface area contributed by atoms with Gasteiger partial charge in [0.1, 0.15) is 0 Å². The minimum Gasteiger partial charge on any atom is -0.298 e. The summed E-state index contributed by atoms with van der Waals surface area (Å²) in [5.74, 6) is 0.641. The van der Waals surface area contributed by atoms with E-state index in [0.717, 1.165) is 12.6 Å². The van der Waals surface area contributed by atoms with Gasteiger partial charge in [-0.2, -0.15) is 0 Å². The Morgan fingerprint density at radius 2 is 1.69 bits per heavy atom. The molecule has 2 rings (SSSR count). The second kappa shape index (κ2) is 6.63. The largest absolute Gasteiger partial charge is 0.298 e. The predicted octanol–water partition coefficient (Wildman–Crippen LogP) is 2.34. The van der Waals surface area contributed by atoms with Gasteiger partial charge in [-0.25, -0.2) is 0 Å². The Kier molecular flexibility index (Phi) is 5.14. The maximum Gasteiger partial charge on any atom is 0.0404 e. The Balaban J connectivity index is 1.67. The van der Waals surface area contributed by atoms with Gasteiger partial charge in [-0.1, -0.05) is 25.0 Å². The molecule has 0 spiro atoms. The maximum atomic E-state index is 5.61. The number of nitrogens with zero attached hydrogens (tertiary/aromatic N) is 2. The van der Waals surface area contributed by atoms with Crippen molar-refractivity contribution >= 4 is 11.6 Å². The van der Waals surface area contributed by atoms with Crippen molar-refractivity contribution in [1.29, 1.82) is 0 Å². The normalized spacial score (nSPS) is 25.8. The Labute approximate surface area is 104 Å². The van der Waals surface area contributed by atoms with Crippen molar-refractivity contribution in [1.82, 2.24) is 9.80 Å². The molecule has 1 saturated carbocycles. The van der Waals surface area contributed by atoms with Gasteiger partial charge in [0, 0.05) is 44.6 Å². The van der Waals surface area contributed by atoms with E-state index in [1.54, 1.807) is 0 Å². The third kappa shape index (κ3) is 3.47. The monoisotopic (exact) mass is 242 g/mol. The fraction of sp³-hybridized carbons (Fsp3) is 0.846. The Hall–Kier alpha value is -0.0500. The quantitative estimate of drug-likeness (QED) is 0.552. The Bertz CT molecular complexity index is 216. The summed E-state index contributed by atoms with van der Waals surface area (Å²) in [5.41, 5.74) is 0. The van der Waals surface area contributed by atoms with Gasteiger partial charge < -0.3 is 0 Å². The molecule has 1 aliphatic heterocycles. The van der Waals surface area contributed by atoms with Crippen LogP contribution in [0.4, 0.5) is 0 Å². The zero-order chi connectivity index (χ0) is 11.2. The van der Waals surface area contributed by atoms with Crippen LogP contribution in [-0.2, 0) is 0 Å². The minimum absolute atomic E-state index is 0.641. The van der Waals surface area contributed by atoms with E-state index >= 15 is 0 Å². The van der Waals surface area contributed by atoms with E-state index in [1.165, 1.54) is 51.9 Å². The van der Waals surface area contributed by atoms with E-state index in [0.29, 0.717) is 5.88 Å². The summed E-state index contributed by atoms with van der Waals surface area (Å²) in [6.45, 7) is 6.05. The molecule has 2 fully saturated rings. The van der Waals surface area contributed by atoms with Gasteiger partial charge >= 0.3 is 0 Å². The number of allylic oxidation sites excluding steroid dienone is 1. The Morgan fingerprint density at radius 1 is 1.00 bits per heavy atom. The van der Waals surface area contributed by atoms with Gasteiger partial charge in [0.25, 0.3) is 0 Å². The van der Waals surface area contributed by atoms with Crippen LogP contribution in [0.3, 0.4) is 0 Å². The lowest BCUT2D eigenvalue weighted by molar-refractivity contribution is 0.105. The predicted molar refractivity (Wildman–Crippen MR) is 70.1 cm³/mol.